The number of aryl methyl sites for hydroxylation is 1. The number of carbonyl (C=O) groups excluding carboxylic acids is 2. The van der Waals surface area contributed by atoms with Gasteiger partial charge in [-0.2, -0.15) is 9.40 Å². The first-order valence-electron chi connectivity index (χ1n) is 10.9. The highest BCUT2D eigenvalue weighted by Gasteiger charge is 2.27. The van der Waals surface area contributed by atoms with E-state index in [1.54, 1.807) is 30.7 Å². The van der Waals surface area contributed by atoms with E-state index in [1.165, 1.54) is 16.4 Å². The molecule has 1 fully saturated rings. The lowest BCUT2D eigenvalue weighted by Crippen LogP contribution is -2.40. The molecule has 9 nitrogen and oxygen atoms in total. The number of amides is 1. The van der Waals surface area contributed by atoms with E-state index in [4.69, 9.17) is 4.74 Å². The van der Waals surface area contributed by atoms with Crippen LogP contribution in [-0.2, 0) is 26.1 Å². The first kappa shape index (κ1) is 23.8. The quantitative estimate of drug-likeness (QED) is 0.407. The highest BCUT2D eigenvalue weighted by Crippen LogP contribution is 2.19. The van der Waals surface area contributed by atoms with Gasteiger partial charge in [-0.15, -0.1) is 0 Å². The fraction of sp³-hybridized carbons (Fsp3) is 0.292. The van der Waals surface area contributed by atoms with Crippen molar-refractivity contribution in [3.05, 3.63) is 77.1 Å². The van der Waals surface area contributed by atoms with Crippen molar-refractivity contribution in [1.82, 2.24) is 19.4 Å². The van der Waals surface area contributed by atoms with Crippen molar-refractivity contribution in [2.45, 2.75) is 25.3 Å². The average Bonchev–Trinajstić information content (AvgIpc) is 3.17. The van der Waals surface area contributed by atoms with Gasteiger partial charge in [-0.3, -0.25) is 9.59 Å². The van der Waals surface area contributed by atoms with E-state index in [2.05, 4.69) is 10.4 Å². The first-order valence-corrected chi connectivity index (χ1v) is 12.3. The topological polar surface area (TPSA) is 111 Å². The Morgan fingerprint density at radius 3 is 2.29 bits per heavy atom. The average molecular weight is 483 g/mol. The summed E-state index contributed by atoms with van der Waals surface area (Å²) >= 11 is 0. The second-order valence-corrected chi connectivity index (χ2v) is 9.90. The van der Waals surface area contributed by atoms with Crippen molar-refractivity contribution in [3.8, 4) is 5.69 Å². The number of hydrogen-bond donors (Lipinski definition) is 1. The molecule has 0 unspecified atom stereocenters. The van der Waals surface area contributed by atoms with Crippen LogP contribution in [0.3, 0.4) is 0 Å². The van der Waals surface area contributed by atoms with Crippen molar-refractivity contribution in [3.63, 3.8) is 0 Å². The van der Waals surface area contributed by atoms with Gasteiger partial charge in [-0.1, -0.05) is 30.3 Å². The van der Waals surface area contributed by atoms with Gasteiger partial charge in [-0.25, -0.2) is 13.1 Å². The van der Waals surface area contributed by atoms with Crippen molar-refractivity contribution in [2.75, 3.05) is 26.3 Å². The number of morpholine rings is 1. The Labute approximate surface area is 198 Å². The van der Waals surface area contributed by atoms with Crippen LogP contribution < -0.4 is 5.32 Å². The Bertz CT molecular complexity index is 1300. The molecule has 0 aliphatic carbocycles. The lowest BCUT2D eigenvalue weighted by Gasteiger charge is -2.26. The fourth-order valence-electron chi connectivity index (χ4n) is 3.88. The standard InChI is InChI=1S/C24H26N4O5S/c1-17-22(18(2)28(26-17)20-6-4-3-5-7-20)23(29)24(30)25-16-19-8-10-21(11-9-19)34(31,32)27-12-14-33-15-13-27/h3-11H,12-16H2,1-2H3,(H,25,30). The lowest BCUT2D eigenvalue weighted by atomic mass is 10.1. The van der Waals surface area contributed by atoms with Gasteiger partial charge in [0.1, 0.15) is 0 Å². The SMILES string of the molecule is Cc1nn(-c2ccccc2)c(C)c1C(=O)C(=O)NCc1ccc(S(=O)(=O)N2CCOCC2)cc1. The third-order valence-corrected chi connectivity index (χ3v) is 7.62. The Morgan fingerprint density at radius 1 is 1.00 bits per heavy atom. The van der Waals surface area contributed by atoms with Crippen LogP contribution in [-0.4, -0.2) is 60.5 Å². The molecular formula is C24H26N4O5S. The van der Waals surface area contributed by atoms with Crippen molar-refractivity contribution in [1.29, 1.82) is 0 Å². The van der Waals surface area contributed by atoms with Gasteiger partial charge in [0, 0.05) is 19.6 Å². The number of rotatable bonds is 7. The highest BCUT2D eigenvalue weighted by molar-refractivity contribution is 7.89. The van der Waals surface area contributed by atoms with Crippen LogP contribution in [0.5, 0.6) is 0 Å². The van der Waals surface area contributed by atoms with Gasteiger partial charge in [0.15, 0.2) is 0 Å². The number of para-hydroxylation sites is 1. The zero-order chi connectivity index (χ0) is 24.3. The number of nitrogens with zero attached hydrogens (tertiary/aromatic N) is 3. The number of aromatic nitrogens is 2. The van der Waals surface area contributed by atoms with E-state index in [9.17, 15) is 18.0 Å². The zero-order valence-corrected chi connectivity index (χ0v) is 19.8. The molecule has 34 heavy (non-hydrogen) atoms. The van der Waals surface area contributed by atoms with Gasteiger partial charge in [0.2, 0.25) is 10.0 Å². The van der Waals surface area contributed by atoms with E-state index >= 15 is 0 Å². The third-order valence-electron chi connectivity index (χ3n) is 5.71. The van der Waals surface area contributed by atoms with Gasteiger partial charge in [-0.05, 0) is 43.7 Å². The van der Waals surface area contributed by atoms with Crippen LogP contribution >= 0.6 is 0 Å². The Hall–Kier alpha value is -3.34. The number of hydrogen-bond acceptors (Lipinski definition) is 6. The maximum atomic E-state index is 12.9. The number of benzene rings is 2. The first-order chi connectivity index (χ1) is 16.3. The second-order valence-electron chi connectivity index (χ2n) is 7.97. The molecule has 1 N–H and O–H groups in total. The molecule has 4 rings (SSSR count). The van der Waals surface area contributed by atoms with Gasteiger partial charge in [0.05, 0.1) is 40.7 Å². The molecule has 0 saturated carbocycles. The number of carbonyl (C=O) groups is 2. The Balaban J connectivity index is 1.42. The van der Waals surface area contributed by atoms with Crippen LogP contribution in [0.15, 0.2) is 59.5 Å². The molecular weight excluding hydrogens is 456 g/mol. The minimum atomic E-state index is -3.59. The monoisotopic (exact) mass is 482 g/mol. The molecule has 1 aliphatic rings. The van der Waals surface area contributed by atoms with Crippen LogP contribution in [0.1, 0.15) is 27.3 Å². The number of Topliss-reactive ketones (excluding diaryl/α,β-unsaturated/α-hetero) is 1. The summed E-state index contributed by atoms with van der Waals surface area (Å²) in [4.78, 5) is 25.6. The summed E-state index contributed by atoms with van der Waals surface area (Å²) in [6.07, 6.45) is 0. The molecule has 0 radical (unpaired) electrons. The van der Waals surface area contributed by atoms with Gasteiger partial charge < -0.3 is 10.1 Å². The molecule has 3 aromatic rings. The summed E-state index contributed by atoms with van der Waals surface area (Å²) in [5.41, 5.74) is 2.80. The number of nitrogens with one attached hydrogen (secondary N) is 1. The Morgan fingerprint density at radius 2 is 1.65 bits per heavy atom. The second kappa shape index (κ2) is 9.88. The molecule has 2 aromatic carbocycles. The summed E-state index contributed by atoms with van der Waals surface area (Å²) < 4.78 is 33.7. The van der Waals surface area contributed by atoms with E-state index in [-0.39, 0.29) is 17.0 Å². The number of ketones is 1. The van der Waals surface area contributed by atoms with E-state index in [0.717, 1.165) is 5.69 Å². The molecule has 0 spiro atoms. The summed E-state index contributed by atoms with van der Waals surface area (Å²) in [5.74, 6) is -1.41. The zero-order valence-electron chi connectivity index (χ0n) is 19.0. The lowest BCUT2D eigenvalue weighted by molar-refractivity contribution is -0.117. The third kappa shape index (κ3) is 4.79. The van der Waals surface area contributed by atoms with E-state index in [1.807, 2.05) is 30.3 Å². The summed E-state index contributed by atoms with van der Waals surface area (Å²) in [5, 5.41) is 7.04. The number of ether oxygens (including phenoxy) is 1. The molecule has 0 bridgehead atoms. The summed E-state index contributed by atoms with van der Waals surface area (Å²) in [6, 6.07) is 15.6. The normalized spacial score (nSPS) is 14.6. The van der Waals surface area contributed by atoms with Gasteiger partial charge >= 0.3 is 0 Å². The predicted molar refractivity (Wildman–Crippen MR) is 125 cm³/mol. The molecule has 1 amide bonds. The van der Waals surface area contributed by atoms with Crippen LogP contribution in [0.25, 0.3) is 5.69 Å². The summed E-state index contributed by atoms with van der Waals surface area (Å²) in [7, 11) is -3.59. The van der Waals surface area contributed by atoms with E-state index in [0.29, 0.717) is 43.3 Å². The fourth-order valence-corrected chi connectivity index (χ4v) is 5.29. The summed E-state index contributed by atoms with van der Waals surface area (Å²) in [6.45, 7) is 4.93. The minimum Gasteiger partial charge on any atom is -0.379 e. The molecule has 10 heteroatoms. The molecule has 2 heterocycles. The molecule has 178 valence electrons. The largest absolute Gasteiger partial charge is 0.379 e. The maximum absolute atomic E-state index is 12.9. The smallest absolute Gasteiger partial charge is 0.292 e. The minimum absolute atomic E-state index is 0.0906. The van der Waals surface area contributed by atoms with Crippen LogP contribution in [0.4, 0.5) is 0 Å². The van der Waals surface area contributed by atoms with Crippen LogP contribution in [0.2, 0.25) is 0 Å². The van der Waals surface area contributed by atoms with Crippen molar-refractivity contribution >= 4 is 21.7 Å². The maximum Gasteiger partial charge on any atom is 0.292 e. The predicted octanol–water partition coefficient (Wildman–Crippen LogP) is 2.01. The highest BCUT2D eigenvalue weighted by atomic mass is 32.2. The Kier molecular flexibility index (Phi) is 6.92. The van der Waals surface area contributed by atoms with E-state index < -0.39 is 21.7 Å². The molecule has 1 aliphatic heterocycles. The molecule has 1 saturated heterocycles. The number of sulfonamides is 1. The van der Waals surface area contributed by atoms with Gasteiger partial charge in [0.25, 0.3) is 11.7 Å². The molecule has 0 atom stereocenters. The van der Waals surface area contributed by atoms with Crippen molar-refractivity contribution < 1.29 is 22.7 Å². The van der Waals surface area contributed by atoms with Crippen molar-refractivity contribution in [2.24, 2.45) is 0 Å². The molecule has 1 aromatic heterocycles. The van der Waals surface area contributed by atoms with Crippen LogP contribution in [0, 0.1) is 13.8 Å².